The van der Waals surface area contributed by atoms with Gasteiger partial charge in [0.1, 0.15) is 5.82 Å². The number of rotatable bonds is 1. The third-order valence-electron chi connectivity index (χ3n) is 3.57. The fourth-order valence-electron chi connectivity index (χ4n) is 2.61. The second-order valence-electron chi connectivity index (χ2n) is 4.75. The van der Waals surface area contributed by atoms with Gasteiger partial charge in [-0.2, -0.15) is 13.2 Å². The Morgan fingerprint density at radius 1 is 1.22 bits per heavy atom. The van der Waals surface area contributed by atoms with E-state index in [2.05, 4.69) is 20.2 Å². The summed E-state index contributed by atoms with van der Waals surface area (Å²) in [7, 11) is 0. The number of nitrogens with zero attached hydrogens (tertiary/aromatic N) is 3. The molecule has 0 aliphatic carbocycles. The first-order valence-electron chi connectivity index (χ1n) is 5.93. The fourth-order valence-corrected chi connectivity index (χ4v) is 2.61. The van der Waals surface area contributed by atoms with Crippen LogP contribution in [0.2, 0.25) is 0 Å². The summed E-state index contributed by atoms with van der Waals surface area (Å²) in [5.41, 5.74) is -0.938. The predicted molar refractivity (Wildman–Crippen MR) is 59.2 cm³/mol. The van der Waals surface area contributed by atoms with Gasteiger partial charge in [0.05, 0.1) is 12.4 Å². The Labute approximate surface area is 102 Å². The smallest absolute Gasteiger partial charge is 0.350 e. The maximum Gasteiger partial charge on any atom is 0.434 e. The number of anilines is 1. The molecule has 0 spiro atoms. The second kappa shape index (κ2) is 4.08. The molecule has 0 radical (unpaired) electrons. The van der Waals surface area contributed by atoms with Crippen molar-refractivity contribution in [2.24, 2.45) is 0 Å². The van der Waals surface area contributed by atoms with Crippen molar-refractivity contribution < 1.29 is 13.2 Å². The first kappa shape index (κ1) is 11.7. The first-order valence-corrected chi connectivity index (χ1v) is 5.93. The minimum absolute atomic E-state index is 0.320. The number of piperidine rings is 2. The molecule has 4 nitrogen and oxygen atoms in total. The normalized spacial score (nSPS) is 27.6. The zero-order chi connectivity index (χ0) is 12.8. The highest BCUT2D eigenvalue weighted by atomic mass is 19.4. The molecule has 2 bridgehead atoms. The molecule has 98 valence electrons. The SMILES string of the molecule is FC(F)(F)c1cnc(N2C[C@@H]3CC[C@H]2CN3)cn1. The van der Waals surface area contributed by atoms with E-state index in [0.29, 0.717) is 17.9 Å². The van der Waals surface area contributed by atoms with Gasteiger partial charge in [-0.05, 0) is 12.8 Å². The lowest BCUT2D eigenvalue weighted by Crippen LogP contribution is -2.61. The van der Waals surface area contributed by atoms with Crippen molar-refractivity contribution in [3.8, 4) is 0 Å². The molecule has 3 aliphatic rings. The number of nitrogens with one attached hydrogen (secondary N) is 1. The summed E-state index contributed by atoms with van der Waals surface area (Å²) >= 11 is 0. The summed E-state index contributed by atoms with van der Waals surface area (Å²) in [6.45, 7) is 1.66. The highest BCUT2D eigenvalue weighted by molar-refractivity contribution is 5.40. The van der Waals surface area contributed by atoms with Crippen molar-refractivity contribution in [1.29, 1.82) is 0 Å². The lowest BCUT2D eigenvalue weighted by atomic mass is 9.93. The number of aromatic nitrogens is 2. The number of alkyl halides is 3. The van der Waals surface area contributed by atoms with Crippen LogP contribution in [0.4, 0.5) is 19.0 Å². The summed E-state index contributed by atoms with van der Waals surface area (Å²) in [4.78, 5) is 9.42. The van der Waals surface area contributed by atoms with E-state index in [9.17, 15) is 13.2 Å². The van der Waals surface area contributed by atoms with Gasteiger partial charge in [0.25, 0.3) is 0 Å². The average molecular weight is 258 g/mol. The van der Waals surface area contributed by atoms with Crippen molar-refractivity contribution in [3.63, 3.8) is 0 Å². The minimum Gasteiger partial charge on any atom is -0.350 e. The highest BCUT2D eigenvalue weighted by Gasteiger charge is 2.36. The first-order chi connectivity index (χ1) is 8.54. The predicted octanol–water partition coefficient (Wildman–Crippen LogP) is 1.44. The molecule has 4 rings (SSSR count). The van der Waals surface area contributed by atoms with Gasteiger partial charge in [-0.15, -0.1) is 0 Å². The molecule has 2 atom stereocenters. The maximum atomic E-state index is 12.4. The van der Waals surface area contributed by atoms with Gasteiger partial charge in [0.2, 0.25) is 0 Å². The quantitative estimate of drug-likeness (QED) is 0.827. The van der Waals surface area contributed by atoms with Crippen LogP contribution in [0.15, 0.2) is 12.4 Å². The summed E-state index contributed by atoms with van der Waals surface area (Å²) in [6.07, 6.45) is -0.210. The number of halogens is 3. The van der Waals surface area contributed by atoms with Gasteiger partial charge in [0, 0.05) is 25.2 Å². The van der Waals surface area contributed by atoms with Crippen LogP contribution < -0.4 is 10.2 Å². The maximum absolute atomic E-state index is 12.4. The molecule has 1 N–H and O–H groups in total. The molecule has 4 heterocycles. The summed E-state index contributed by atoms with van der Waals surface area (Å²) in [6, 6.07) is 0.736. The number of piperazine rings is 1. The average Bonchev–Trinajstić information content (AvgIpc) is 2.39. The Bertz CT molecular complexity index is 423. The van der Waals surface area contributed by atoms with E-state index in [4.69, 9.17) is 0 Å². The van der Waals surface area contributed by atoms with E-state index in [1.165, 1.54) is 6.20 Å². The summed E-state index contributed by atoms with van der Waals surface area (Å²) < 4.78 is 37.2. The molecule has 0 unspecified atom stereocenters. The Kier molecular flexibility index (Phi) is 2.65. The monoisotopic (exact) mass is 258 g/mol. The zero-order valence-corrected chi connectivity index (χ0v) is 9.61. The highest BCUT2D eigenvalue weighted by Crippen LogP contribution is 2.29. The van der Waals surface area contributed by atoms with E-state index in [0.717, 1.165) is 32.1 Å². The lowest BCUT2D eigenvalue weighted by Gasteiger charge is -2.46. The van der Waals surface area contributed by atoms with Crippen molar-refractivity contribution in [3.05, 3.63) is 18.1 Å². The largest absolute Gasteiger partial charge is 0.434 e. The molecule has 18 heavy (non-hydrogen) atoms. The molecule has 0 amide bonds. The van der Waals surface area contributed by atoms with Crippen molar-refractivity contribution >= 4 is 5.82 Å². The molecular weight excluding hydrogens is 245 g/mol. The van der Waals surface area contributed by atoms with Crippen LogP contribution in [0.3, 0.4) is 0 Å². The Hall–Kier alpha value is -1.37. The molecule has 3 saturated heterocycles. The Morgan fingerprint density at radius 3 is 2.50 bits per heavy atom. The van der Waals surface area contributed by atoms with E-state index in [1.807, 2.05) is 0 Å². The van der Waals surface area contributed by atoms with Crippen LogP contribution >= 0.6 is 0 Å². The third-order valence-corrected chi connectivity index (χ3v) is 3.57. The number of fused-ring (bicyclic) bond motifs is 3. The van der Waals surface area contributed by atoms with Gasteiger partial charge in [-0.1, -0.05) is 0 Å². The van der Waals surface area contributed by atoms with Crippen molar-refractivity contribution in [1.82, 2.24) is 15.3 Å². The van der Waals surface area contributed by atoms with Crippen molar-refractivity contribution in [2.45, 2.75) is 31.1 Å². The van der Waals surface area contributed by atoms with Crippen molar-refractivity contribution in [2.75, 3.05) is 18.0 Å². The van der Waals surface area contributed by atoms with Crippen LogP contribution in [0, 0.1) is 0 Å². The van der Waals surface area contributed by atoms with Gasteiger partial charge in [-0.3, -0.25) is 0 Å². The molecule has 7 heteroatoms. The van der Waals surface area contributed by atoms with Gasteiger partial charge >= 0.3 is 6.18 Å². The van der Waals surface area contributed by atoms with Crippen LogP contribution in [0.5, 0.6) is 0 Å². The Balaban J connectivity index is 1.81. The third kappa shape index (κ3) is 2.03. The second-order valence-corrected chi connectivity index (χ2v) is 4.75. The molecule has 3 aliphatic heterocycles. The van der Waals surface area contributed by atoms with Crippen LogP contribution in [-0.4, -0.2) is 35.1 Å². The molecule has 1 aromatic rings. The molecular formula is C11H13F3N4. The number of hydrogen-bond donors (Lipinski definition) is 1. The Morgan fingerprint density at radius 2 is 2.06 bits per heavy atom. The van der Waals surface area contributed by atoms with E-state index in [-0.39, 0.29) is 0 Å². The zero-order valence-electron chi connectivity index (χ0n) is 9.61. The van der Waals surface area contributed by atoms with Gasteiger partial charge in [0.15, 0.2) is 5.69 Å². The number of hydrogen-bond acceptors (Lipinski definition) is 4. The van der Waals surface area contributed by atoms with E-state index < -0.39 is 11.9 Å². The minimum atomic E-state index is -4.42. The van der Waals surface area contributed by atoms with E-state index >= 15 is 0 Å². The lowest BCUT2D eigenvalue weighted by molar-refractivity contribution is -0.141. The molecule has 0 aromatic carbocycles. The fraction of sp³-hybridized carbons (Fsp3) is 0.636. The van der Waals surface area contributed by atoms with Crippen LogP contribution in [-0.2, 0) is 6.18 Å². The molecule has 0 saturated carbocycles. The topological polar surface area (TPSA) is 41.1 Å². The molecule has 1 aromatic heterocycles. The van der Waals surface area contributed by atoms with Crippen LogP contribution in [0.25, 0.3) is 0 Å². The summed E-state index contributed by atoms with van der Waals surface area (Å²) in [5.74, 6) is 0.541. The molecule has 3 fully saturated rings. The van der Waals surface area contributed by atoms with Crippen LogP contribution in [0.1, 0.15) is 18.5 Å². The summed E-state index contributed by atoms with van der Waals surface area (Å²) in [5, 5.41) is 3.38. The standard InChI is InChI=1S/C11H13F3N4/c12-11(13,14)9-4-17-10(5-16-9)18-6-7-1-2-8(18)3-15-7/h4-5,7-8,15H,1-3,6H2/t7-,8-/m0/s1. The van der Waals surface area contributed by atoms with E-state index in [1.54, 1.807) is 0 Å². The van der Waals surface area contributed by atoms with Gasteiger partial charge < -0.3 is 10.2 Å². The van der Waals surface area contributed by atoms with Gasteiger partial charge in [-0.25, -0.2) is 9.97 Å².